The highest BCUT2D eigenvalue weighted by molar-refractivity contribution is 5.95. The lowest BCUT2D eigenvalue weighted by molar-refractivity contribution is -0.383. The maximum absolute atomic E-state index is 11.3. The van der Waals surface area contributed by atoms with Crippen LogP contribution >= 0.6 is 0 Å². The summed E-state index contributed by atoms with van der Waals surface area (Å²) in [6.07, 6.45) is 1.01. The van der Waals surface area contributed by atoms with Gasteiger partial charge in [0.15, 0.2) is 0 Å². The monoisotopic (exact) mass is 279 g/mol. The van der Waals surface area contributed by atoms with Gasteiger partial charge in [-0.2, -0.15) is 0 Å². The van der Waals surface area contributed by atoms with E-state index in [4.69, 9.17) is 0 Å². The first-order chi connectivity index (χ1) is 9.47. The summed E-state index contributed by atoms with van der Waals surface area (Å²) in [4.78, 5) is 21.9. The van der Waals surface area contributed by atoms with Crippen LogP contribution in [0.25, 0.3) is 0 Å². The SMILES string of the molecule is CC(O)CCNc1cc2c(cc1[N+](=O)[O-])NC(=O)CC2. The molecule has 0 fully saturated rings. The molecule has 1 atom stereocenters. The van der Waals surface area contributed by atoms with Gasteiger partial charge in [-0.3, -0.25) is 14.9 Å². The maximum atomic E-state index is 11.3. The minimum Gasteiger partial charge on any atom is -0.393 e. The third-order valence-corrected chi connectivity index (χ3v) is 3.19. The highest BCUT2D eigenvalue weighted by Crippen LogP contribution is 2.34. The Morgan fingerprint density at radius 2 is 2.25 bits per heavy atom. The van der Waals surface area contributed by atoms with Crippen LogP contribution < -0.4 is 10.6 Å². The number of carbonyl (C=O) groups is 1. The van der Waals surface area contributed by atoms with Gasteiger partial charge in [0.25, 0.3) is 5.69 Å². The first-order valence-corrected chi connectivity index (χ1v) is 6.50. The summed E-state index contributed by atoms with van der Waals surface area (Å²) in [5.41, 5.74) is 1.74. The van der Waals surface area contributed by atoms with E-state index in [1.807, 2.05) is 0 Å². The molecule has 0 spiro atoms. The van der Waals surface area contributed by atoms with Crippen molar-refractivity contribution in [3.8, 4) is 0 Å². The number of aryl methyl sites for hydroxylation is 1. The van der Waals surface area contributed by atoms with Crippen molar-refractivity contribution in [2.75, 3.05) is 17.2 Å². The molecule has 0 saturated carbocycles. The summed E-state index contributed by atoms with van der Waals surface area (Å²) in [5.74, 6) is -0.124. The number of hydrogen-bond acceptors (Lipinski definition) is 5. The lowest BCUT2D eigenvalue weighted by Crippen LogP contribution is -2.19. The number of carbonyl (C=O) groups excluding carboxylic acids is 1. The Morgan fingerprint density at radius 1 is 1.50 bits per heavy atom. The van der Waals surface area contributed by atoms with E-state index in [9.17, 15) is 20.0 Å². The normalized spacial score (nSPS) is 15.2. The molecule has 0 aromatic heterocycles. The van der Waals surface area contributed by atoms with Crippen molar-refractivity contribution in [3.63, 3.8) is 0 Å². The smallest absolute Gasteiger partial charge is 0.294 e. The highest BCUT2D eigenvalue weighted by Gasteiger charge is 2.22. The molecule has 3 N–H and O–H groups in total. The molecule has 0 bridgehead atoms. The second-order valence-electron chi connectivity index (χ2n) is 4.90. The predicted octanol–water partition coefficient (Wildman–Crippen LogP) is 1.66. The minimum atomic E-state index is -0.480. The van der Waals surface area contributed by atoms with Crippen molar-refractivity contribution in [2.24, 2.45) is 0 Å². The van der Waals surface area contributed by atoms with Crippen molar-refractivity contribution < 1.29 is 14.8 Å². The number of nitro benzene ring substituents is 1. The Hall–Kier alpha value is -2.15. The van der Waals surface area contributed by atoms with Gasteiger partial charge in [0.05, 0.1) is 16.7 Å². The van der Waals surface area contributed by atoms with Crippen molar-refractivity contribution in [2.45, 2.75) is 32.3 Å². The quantitative estimate of drug-likeness (QED) is 0.561. The standard InChI is InChI=1S/C13H17N3O4/c1-8(17)4-5-14-11-6-9-2-3-13(18)15-10(9)7-12(11)16(19)20/h6-8,14,17H,2-5H2,1H3,(H,15,18). The Bertz CT molecular complexity index is 543. The van der Waals surface area contributed by atoms with Gasteiger partial charge in [-0.25, -0.2) is 0 Å². The molecule has 1 aromatic rings. The summed E-state index contributed by atoms with van der Waals surface area (Å²) in [7, 11) is 0. The van der Waals surface area contributed by atoms with Crippen LogP contribution in [0.2, 0.25) is 0 Å². The molecule has 1 aromatic carbocycles. The van der Waals surface area contributed by atoms with E-state index in [1.54, 1.807) is 13.0 Å². The molecule has 108 valence electrons. The molecule has 7 nitrogen and oxygen atoms in total. The van der Waals surface area contributed by atoms with Gasteiger partial charge in [0.2, 0.25) is 5.91 Å². The molecule has 1 heterocycles. The van der Waals surface area contributed by atoms with Crippen LogP contribution in [-0.2, 0) is 11.2 Å². The summed E-state index contributed by atoms with van der Waals surface area (Å²) < 4.78 is 0. The van der Waals surface area contributed by atoms with E-state index < -0.39 is 11.0 Å². The molecule has 0 aliphatic carbocycles. The minimum absolute atomic E-state index is 0.0726. The van der Waals surface area contributed by atoms with E-state index in [0.717, 1.165) is 5.56 Å². The van der Waals surface area contributed by atoms with Gasteiger partial charge in [-0.15, -0.1) is 0 Å². The summed E-state index contributed by atoms with van der Waals surface area (Å²) in [6.45, 7) is 2.11. The Balaban J connectivity index is 2.25. The van der Waals surface area contributed by atoms with E-state index in [1.165, 1.54) is 6.07 Å². The van der Waals surface area contributed by atoms with Crippen molar-refractivity contribution >= 4 is 23.0 Å². The lowest BCUT2D eigenvalue weighted by Gasteiger charge is -2.18. The molecule has 0 saturated heterocycles. The molecule has 2 rings (SSSR count). The fraction of sp³-hybridized carbons (Fsp3) is 0.462. The first kappa shape index (κ1) is 14.3. The van der Waals surface area contributed by atoms with Gasteiger partial charge in [0.1, 0.15) is 5.69 Å². The molecule has 1 aliphatic rings. The molecule has 1 aliphatic heterocycles. The number of hydrogen-bond donors (Lipinski definition) is 3. The van der Waals surface area contributed by atoms with Gasteiger partial charge in [-0.05, 0) is 31.4 Å². The summed E-state index contributed by atoms with van der Waals surface area (Å²) >= 11 is 0. The van der Waals surface area contributed by atoms with E-state index in [0.29, 0.717) is 37.2 Å². The largest absolute Gasteiger partial charge is 0.393 e. The zero-order valence-electron chi connectivity index (χ0n) is 11.2. The number of amides is 1. The van der Waals surface area contributed by atoms with Crippen molar-refractivity contribution in [1.29, 1.82) is 0 Å². The second-order valence-corrected chi connectivity index (χ2v) is 4.90. The van der Waals surface area contributed by atoms with Crippen molar-refractivity contribution in [1.82, 2.24) is 0 Å². The Kier molecular flexibility index (Phi) is 4.19. The van der Waals surface area contributed by atoms with E-state index in [2.05, 4.69) is 10.6 Å². The van der Waals surface area contributed by atoms with Crippen LogP contribution in [0.5, 0.6) is 0 Å². The van der Waals surface area contributed by atoms with Crippen LogP contribution in [0.4, 0.5) is 17.1 Å². The van der Waals surface area contributed by atoms with E-state index >= 15 is 0 Å². The van der Waals surface area contributed by atoms with Gasteiger partial charge in [-0.1, -0.05) is 0 Å². The molecule has 0 radical (unpaired) electrons. The number of aliphatic hydroxyl groups is 1. The Labute approximate surface area is 116 Å². The molecule has 7 heteroatoms. The fourth-order valence-corrected chi connectivity index (χ4v) is 2.13. The fourth-order valence-electron chi connectivity index (χ4n) is 2.13. The summed E-state index contributed by atoms with van der Waals surface area (Å²) in [5, 5.41) is 25.9. The zero-order valence-corrected chi connectivity index (χ0v) is 11.2. The van der Waals surface area contributed by atoms with Crippen LogP contribution in [0.15, 0.2) is 12.1 Å². The molecular weight excluding hydrogens is 262 g/mol. The third-order valence-electron chi connectivity index (χ3n) is 3.19. The number of rotatable bonds is 5. The van der Waals surface area contributed by atoms with Crippen LogP contribution in [0.1, 0.15) is 25.3 Å². The number of nitro groups is 1. The van der Waals surface area contributed by atoms with Crippen LogP contribution in [0, 0.1) is 10.1 Å². The molecule has 20 heavy (non-hydrogen) atoms. The average molecular weight is 279 g/mol. The zero-order chi connectivity index (χ0) is 14.7. The van der Waals surface area contributed by atoms with Gasteiger partial charge >= 0.3 is 0 Å². The molecule has 1 unspecified atom stereocenters. The second kappa shape index (κ2) is 5.87. The third kappa shape index (κ3) is 3.24. The number of fused-ring (bicyclic) bond motifs is 1. The predicted molar refractivity (Wildman–Crippen MR) is 74.8 cm³/mol. The summed E-state index contributed by atoms with van der Waals surface area (Å²) in [6, 6.07) is 3.09. The van der Waals surface area contributed by atoms with Crippen molar-refractivity contribution in [3.05, 3.63) is 27.8 Å². The first-order valence-electron chi connectivity index (χ1n) is 6.50. The van der Waals surface area contributed by atoms with Crippen LogP contribution in [-0.4, -0.2) is 28.6 Å². The van der Waals surface area contributed by atoms with Crippen LogP contribution in [0.3, 0.4) is 0 Å². The van der Waals surface area contributed by atoms with Gasteiger partial charge < -0.3 is 15.7 Å². The number of anilines is 2. The molecular formula is C13H17N3O4. The average Bonchev–Trinajstić information content (AvgIpc) is 2.37. The van der Waals surface area contributed by atoms with E-state index in [-0.39, 0.29) is 11.6 Å². The van der Waals surface area contributed by atoms with Gasteiger partial charge in [0, 0.05) is 19.0 Å². The Morgan fingerprint density at radius 3 is 2.90 bits per heavy atom. The highest BCUT2D eigenvalue weighted by atomic mass is 16.6. The lowest BCUT2D eigenvalue weighted by atomic mass is 10.0. The maximum Gasteiger partial charge on any atom is 0.294 e. The number of nitrogens with zero attached hydrogens (tertiary/aromatic N) is 1. The molecule has 1 amide bonds. The number of nitrogens with one attached hydrogen (secondary N) is 2. The topological polar surface area (TPSA) is 104 Å². The number of benzene rings is 1. The number of aliphatic hydroxyl groups excluding tert-OH is 1.